The zero-order valence-electron chi connectivity index (χ0n) is 19.0. The summed E-state index contributed by atoms with van der Waals surface area (Å²) in [5, 5.41) is 2.82. The fraction of sp³-hybridized carbons (Fsp3) is 0.240. The lowest BCUT2D eigenvalue weighted by molar-refractivity contribution is 0.102. The number of benzene rings is 3. The molecule has 0 spiro atoms. The third-order valence-corrected chi connectivity index (χ3v) is 7.33. The summed E-state index contributed by atoms with van der Waals surface area (Å²) in [7, 11) is -0.261. The molecule has 0 radical (unpaired) electrons. The van der Waals surface area contributed by atoms with Crippen LogP contribution >= 0.6 is 0 Å². The highest BCUT2D eigenvalue weighted by Crippen LogP contribution is 2.39. The van der Waals surface area contributed by atoms with Crippen LogP contribution in [-0.2, 0) is 16.6 Å². The lowest BCUT2D eigenvalue weighted by Gasteiger charge is -2.18. The first kappa shape index (κ1) is 23.4. The van der Waals surface area contributed by atoms with Gasteiger partial charge in [-0.1, -0.05) is 30.3 Å². The molecular formula is C25H26N2O6S. The van der Waals surface area contributed by atoms with E-state index in [1.807, 2.05) is 30.3 Å². The van der Waals surface area contributed by atoms with Crippen molar-refractivity contribution in [1.29, 1.82) is 0 Å². The summed E-state index contributed by atoms with van der Waals surface area (Å²) in [6.07, 6.45) is 0.607. The smallest absolute Gasteiger partial charge is 0.255 e. The van der Waals surface area contributed by atoms with Crippen LogP contribution in [0.4, 0.5) is 11.4 Å². The zero-order chi connectivity index (χ0) is 24.1. The molecule has 178 valence electrons. The normalized spacial score (nSPS) is 14.5. The SMILES string of the molecule is COc1cc(C(=O)Nc2ccc(N3CCCS3(=O)=O)cc2)cc(OC)c1OCc1ccccc1. The Labute approximate surface area is 199 Å². The van der Waals surface area contributed by atoms with Crippen molar-refractivity contribution in [2.24, 2.45) is 0 Å². The Morgan fingerprint density at radius 3 is 2.18 bits per heavy atom. The molecule has 1 fully saturated rings. The molecule has 0 atom stereocenters. The van der Waals surface area contributed by atoms with Gasteiger partial charge in [0.05, 0.1) is 25.7 Å². The largest absolute Gasteiger partial charge is 0.493 e. The molecule has 0 bridgehead atoms. The summed E-state index contributed by atoms with van der Waals surface area (Å²) in [6.45, 7) is 0.782. The Morgan fingerprint density at radius 1 is 0.971 bits per heavy atom. The summed E-state index contributed by atoms with van der Waals surface area (Å²) in [5.41, 5.74) is 2.43. The van der Waals surface area contributed by atoms with Gasteiger partial charge in [-0.3, -0.25) is 9.10 Å². The number of hydrogen-bond donors (Lipinski definition) is 1. The average Bonchev–Trinajstić information content (AvgIpc) is 3.22. The van der Waals surface area contributed by atoms with E-state index in [0.717, 1.165) is 5.56 Å². The summed E-state index contributed by atoms with van der Waals surface area (Å²) in [5.74, 6) is 0.930. The van der Waals surface area contributed by atoms with Gasteiger partial charge >= 0.3 is 0 Å². The molecule has 1 heterocycles. The Hall–Kier alpha value is -3.72. The van der Waals surface area contributed by atoms with E-state index in [0.29, 0.717) is 53.8 Å². The van der Waals surface area contributed by atoms with Crippen molar-refractivity contribution >= 4 is 27.3 Å². The maximum absolute atomic E-state index is 12.9. The van der Waals surface area contributed by atoms with Gasteiger partial charge in [0.2, 0.25) is 15.8 Å². The van der Waals surface area contributed by atoms with Crippen molar-refractivity contribution in [1.82, 2.24) is 0 Å². The van der Waals surface area contributed by atoms with E-state index in [4.69, 9.17) is 14.2 Å². The van der Waals surface area contributed by atoms with Crippen LogP contribution in [0.2, 0.25) is 0 Å². The van der Waals surface area contributed by atoms with Crippen molar-refractivity contribution in [3.8, 4) is 17.2 Å². The maximum Gasteiger partial charge on any atom is 0.255 e. The molecule has 0 aliphatic carbocycles. The van der Waals surface area contributed by atoms with Gasteiger partial charge < -0.3 is 19.5 Å². The molecule has 34 heavy (non-hydrogen) atoms. The number of carbonyl (C=O) groups is 1. The molecule has 8 nitrogen and oxygen atoms in total. The van der Waals surface area contributed by atoms with Crippen molar-refractivity contribution in [3.63, 3.8) is 0 Å². The van der Waals surface area contributed by atoms with Crippen LogP contribution < -0.4 is 23.8 Å². The molecule has 3 aromatic rings. The fourth-order valence-corrected chi connectivity index (χ4v) is 5.29. The quantitative estimate of drug-likeness (QED) is 0.520. The van der Waals surface area contributed by atoms with Gasteiger partial charge in [-0.15, -0.1) is 0 Å². The van der Waals surface area contributed by atoms with Crippen LogP contribution in [0, 0.1) is 0 Å². The molecule has 1 amide bonds. The molecule has 3 aromatic carbocycles. The van der Waals surface area contributed by atoms with Gasteiger partial charge in [0.25, 0.3) is 5.91 Å². The number of anilines is 2. The maximum atomic E-state index is 12.9. The van der Waals surface area contributed by atoms with Crippen LogP contribution in [0.3, 0.4) is 0 Å². The van der Waals surface area contributed by atoms with E-state index in [-0.39, 0.29) is 11.7 Å². The van der Waals surface area contributed by atoms with E-state index in [1.54, 1.807) is 36.4 Å². The highest BCUT2D eigenvalue weighted by atomic mass is 32.2. The molecule has 1 N–H and O–H groups in total. The molecule has 9 heteroatoms. The summed E-state index contributed by atoms with van der Waals surface area (Å²) < 4.78 is 42.5. The van der Waals surface area contributed by atoms with Crippen molar-refractivity contribution in [2.45, 2.75) is 13.0 Å². The van der Waals surface area contributed by atoms with Crippen LogP contribution in [0.5, 0.6) is 17.2 Å². The number of nitrogens with zero attached hydrogens (tertiary/aromatic N) is 1. The monoisotopic (exact) mass is 482 g/mol. The number of nitrogens with one attached hydrogen (secondary N) is 1. The highest BCUT2D eigenvalue weighted by Gasteiger charge is 2.28. The highest BCUT2D eigenvalue weighted by molar-refractivity contribution is 7.93. The standard InChI is InChI=1S/C25H26N2O6S/c1-31-22-15-19(16-23(32-2)24(22)33-17-18-7-4-3-5-8-18)25(28)26-20-9-11-21(12-10-20)27-13-6-14-34(27,29)30/h3-5,7-12,15-16H,6,13-14,17H2,1-2H3,(H,26,28). The minimum atomic E-state index is -3.25. The predicted molar refractivity (Wildman–Crippen MR) is 130 cm³/mol. The Bertz CT molecular complexity index is 1240. The number of ether oxygens (including phenoxy) is 3. The van der Waals surface area contributed by atoms with Gasteiger partial charge in [-0.25, -0.2) is 8.42 Å². The van der Waals surface area contributed by atoms with Crippen LogP contribution in [-0.4, -0.2) is 40.8 Å². The van der Waals surface area contributed by atoms with E-state index in [1.165, 1.54) is 18.5 Å². The van der Waals surface area contributed by atoms with Gasteiger partial charge in [-0.2, -0.15) is 0 Å². The summed E-state index contributed by atoms with van der Waals surface area (Å²) >= 11 is 0. The Morgan fingerprint density at radius 2 is 1.62 bits per heavy atom. The molecule has 1 saturated heterocycles. The van der Waals surface area contributed by atoms with Crippen LogP contribution in [0.25, 0.3) is 0 Å². The Kier molecular flexibility index (Phi) is 6.93. The first-order chi connectivity index (χ1) is 16.4. The van der Waals surface area contributed by atoms with Crippen molar-refractivity contribution in [2.75, 3.05) is 36.1 Å². The fourth-order valence-electron chi connectivity index (χ4n) is 3.73. The predicted octanol–water partition coefficient (Wildman–Crippen LogP) is 4.08. The van der Waals surface area contributed by atoms with E-state index >= 15 is 0 Å². The number of carbonyl (C=O) groups excluding carboxylic acids is 1. The Balaban J connectivity index is 1.50. The van der Waals surface area contributed by atoms with E-state index in [9.17, 15) is 13.2 Å². The third-order valence-electron chi connectivity index (χ3n) is 5.46. The summed E-state index contributed by atoms with van der Waals surface area (Å²) in [4.78, 5) is 12.9. The van der Waals surface area contributed by atoms with Crippen LogP contribution in [0.1, 0.15) is 22.3 Å². The third kappa shape index (κ3) is 5.09. The molecule has 1 aliphatic heterocycles. The topological polar surface area (TPSA) is 94.2 Å². The second-order valence-electron chi connectivity index (χ2n) is 7.73. The van der Waals surface area contributed by atoms with Gasteiger partial charge in [0, 0.05) is 17.8 Å². The molecule has 0 saturated carbocycles. The van der Waals surface area contributed by atoms with Gasteiger partial charge in [0.1, 0.15) is 6.61 Å². The molecular weight excluding hydrogens is 456 g/mol. The molecule has 0 aromatic heterocycles. The number of rotatable bonds is 8. The average molecular weight is 483 g/mol. The number of methoxy groups -OCH3 is 2. The first-order valence-corrected chi connectivity index (χ1v) is 12.4. The lowest BCUT2D eigenvalue weighted by Crippen LogP contribution is -2.25. The number of hydrogen-bond acceptors (Lipinski definition) is 6. The van der Waals surface area contributed by atoms with Gasteiger partial charge in [0.15, 0.2) is 11.5 Å². The zero-order valence-corrected chi connectivity index (χ0v) is 19.8. The van der Waals surface area contributed by atoms with E-state index < -0.39 is 10.0 Å². The lowest BCUT2D eigenvalue weighted by atomic mass is 10.1. The van der Waals surface area contributed by atoms with Gasteiger partial charge in [-0.05, 0) is 48.4 Å². The number of sulfonamides is 1. The first-order valence-electron chi connectivity index (χ1n) is 10.8. The molecule has 4 rings (SSSR count). The molecule has 1 aliphatic rings. The van der Waals surface area contributed by atoms with Crippen molar-refractivity contribution in [3.05, 3.63) is 77.9 Å². The van der Waals surface area contributed by atoms with E-state index in [2.05, 4.69) is 5.32 Å². The molecule has 0 unspecified atom stereocenters. The second kappa shape index (κ2) is 10.0. The summed E-state index contributed by atoms with van der Waals surface area (Å²) in [6, 6.07) is 19.6. The van der Waals surface area contributed by atoms with Crippen molar-refractivity contribution < 1.29 is 27.4 Å². The minimum absolute atomic E-state index is 0.153. The second-order valence-corrected chi connectivity index (χ2v) is 9.74. The minimum Gasteiger partial charge on any atom is -0.493 e. The number of amides is 1. The van der Waals surface area contributed by atoms with Crippen LogP contribution in [0.15, 0.2) is 66.7 Å².